The van der Waals surface area contributed by atoms with Crippen LogP contribution in [-0.2, 0) is 0 Å². The summed E-state index contributed by atoms with van der Waals surface area (Å²) in [6.07, 6.45) is 0. The number of nitrogen functional groups attached to an aromatic ring is 1. The van der Waals surface area contributed by atoms with E-state index in [2.05, 4.69) is 37.1 Å². The lowest BCUT2D eigenvalue weighted by molar-refractivity contribution is 0.414. The maximum absolute atomic E-state index is 6.28. The molecule has 4 rings (SSSR count). The van der Waals surface area contributed by atoms with Gasteiger partial charge in [-0.2, -0.15) is 9.89 Å². The summed E-state index contributed by atoms with van der Waals surface area (Å²) >= 11 is 1.69. The number of ether oxygens (including phenoxy) is 1. The van der Waals surface area contributed by atoms with Gasteiger partial charge in [0, 0.05) is 39.5 Å². The van der Waals surface area contributed by atoms with Crippen molar-refractivity contribution in [1.82, 2.24) is 9.89 Å². The number of nitrogens with two attached hydrogens (primary N) is 1. The van der Waals surface area contributed by atoms with Crippen LogP contribution in [0, 0.1) is 0 Å². The quantitative estimate of drug-likeness (QED) is 0.574. The van der Waals surface area contributed by atoms with E-state index in [-0.39, 0.29) is 0 Å². The van der Waals surface area contributed by atoms with Crippen molar-refractivity contribution < 1.29 is 4.74 Å². The largest absolute Gasteiger partial charge is 0.497 e. The van der Waals surface area contributed by atoms with Crippen LogP contribution in [0.15, 0.2) is 40.1 Å². The van der Waals surface area contributed by atoms with Gasteiger partial charge in [-0.15, -0.1) is 0 Å². The molecule has 2 N–H and O–H groups in total. The maximum atomic E-state index is 6.28. The molecule has 0 aliphatic carbocycles. The molecule has 24 heavy (non-hydrogen) atoms. The Kier molecular flexibility index (Phi) is 3.57. The third kappa shape index (κ3) is 2.06. The number of benzene rings is 2. The topological polar surface area (TPSA) is 56.3 Å². The molecule has 0 radical (unpaired) electrons. The average molecular weight is 340 g/mol. The first-order valence-corrected chi connectivity index (χ1v) is 8.92. The van der Waals surface area contributed by atoms with Crippen LogP contribution in [0.4, 0.5) is 5.69 Å². The van der Waals surface area contributed by atoms with Crippen LogP contribution < -0.4 is 15.5 Å². The summed E-state index contributed by atoms with van der Waals surface area (Å²) in [6, 6.07) is 10.2. The highest BCUT2D eigenvalue weighted by molar-refractivity contribution is 8.00. The number of methoxy groups -OCH3 is 1. The van der Waals surface area contributed by atoms with Crippen molar-refractivity contribution >= 4 is 28.4 Å². The highest BCUT2D eigenvalue weighted by Crippen LogP contribution is 2.50. The smallest absolute Gasteiger partial charge is 0.120 e. The van der Waals surface area contributed by atoms with Gasteiger partial charge in [0.15, 0.2) is 0 Å². The second-order valence-corrected chi connectivity index (χ2v) is 6.77. The van der Waals surface area contributed by atoms with Gasteiger partial charge in [-0.05, 0) is 44.2 Å². The second kappa shape index (κ2) is 5.63. The highest BCUT2D eigenvalue weighted by Gasteiger charge is 2.26. The number of rotatable bonds is 4. The summed E-state index contributed by atoms with van der Waals surface area (Å²) in [5.41, 5.74) is 10.3. The summed E-state index contributed by atoms with van der Waals surface area (Å²) in [6.45, 7) is 6.08. The van der Waals surface area contributed by atoms with Crippen LogP contribution in [0.5, 0.6) is 5.75 Å². The summed E-state index contributed by atoms with van der Waals surface area (Å²) in [5.74, 6) is 0.846. The molecule has 0 amide bonds. The molecule has 0 bridgehead atoms. The zero-order valence-electron chi connectivity index (χ0n) is 14.0. The van der Waals surface area contributed by atoms with Crippen molar-refractivity contribution in [3.8, 4) is 17.0 Å². The number of nitrogens with zero attached hydrogens (tertiary/aromatic N) is 3. The molecular formula is C18H20N4OS. The van der Waals surface area contributed by atoms with Gasteiger partial charge in [0.2, 0.25) is 0 Å². The molecular weight excluding hydrogens is 320 g/mol. The number of hydrogen-bond donors (Lipinski definition) is 1. The molecule has 5 nitrogen and oxygen atoms in total. The van der Waals surface area contributed by atoms with Crippen LogP contribution in [0.1, 0.15) is 13.8 Å². The Balaban J connectivity index is 2.03. The summed E-state index contributed by atoms with van der Waals surface area (Å²) < 4.78 is 5.37. The van der Waals surface area contributed by atoms with E-state index in [9.17, 15) is 0 Å². The third-order valence-corrected chi connectivity index (χ3v) is 5.67. The first kappa shape index (κ1) is 15.2. The molecule has 1 aliphatic rings. The fourth-order valence-corrected chi connectivity index (χ4v) is 4.37. The molecule has 0 spiro atoms. The SMILES string of the molecule is CCN(CC)n1nc2c3c(c(N)ccc31)Sc1cc(OC)ccc1-2. The predicted molar refractivity (Wildman–Crippen MR) is 99.6 cm³/mol. The molecule has 0 saturated heterocycles. The first-order chi connectivity index (χ1) is 11.7. The normalized spacial score (nSPS) is 12.3. The number of hydrogen-bond acceptors (Lipinski definition) is 5. The van der Waals surface area contributed by atoms with E-state index >= 15 is 0 Å². The van der Waals surface area contributed by atoms with Gasteiger partial charge in [0.05, 0.1) is 12.6 Å². The van der Waals surface area contributed by atoms with Gasteiger partial charge in [-0.1, -0.05) is 11.8 Å². The number of aromatic nitrogens is 2. The number of fused-ring (bicyclic) bond motifs is 2. The molecule has 0 atom stereocenters. The molecule has 2 heterocycles. The number of anilines is 1. The van der Waals surface area contributed by atoms with Crippen molar-refractivity contribution in [2.45, 2.75) is 23.6 Å². The van der Waals surface area contributed by atoms with Crippen molar-refractivity contribution in [3.63, 3.8) is 0 Å². The van der Waals surface area contributed by atoms with Crippen molar-refractivity contribution in [1.29, 1.82) is 0 Å². The van der Waals surface area contributed by atoms with Crippen molar-refractivity contribution in [3.05, 3.63) is 30.3 Å². The van der Waals surface area contributed by atoms with Crippen LogP contribution in [-0.4, -0.2) is 30.1 Å². The fraction of sp³-hybridized carbons (Fsp3) is 0.278. The second-order valence-electron chi connectivity index (χ2n) is 5.72. The first-order valence-electron chi connectivity index (χ1n) is 8.10. The van der Waals surface area contributed by atoms with Crippen LogP contribution in [0.25, 0.3) is 22.2 Å². The minimum atomic E-state index is 0.793. The van der Waals surface area contributed by atoms with Gasteiger partial charge in [-0.25, -0.2) is 0 Å². The predicted octanol–water partition coefficient (Wildman–Crippen LogP) is 3.74. The average Bonchev–Trinajstić information content (AvgIpc) is 2.99. The van der Waals surface area contributed by atoms with E-state index in [0.29, 0.717) is 0 Å². The molecule has 124 valence electrons. The van der Waals surface area contributed by atoms with Gasteiger partial charge in [0.25, 0.3) is 0 Å². The van der Waals surface area contributed by atoms with Crippen LogP contribution >= 0.6 is 11.8 Å². The highest BCUT2D eigenvalue weighted by atomic mass is 32.2. The molecule has 2 aromatic carbocycles. The Morgan fingerprint density at radius 1 is 1.21 bits per heavy atom. The minimum Gasteiger partial charge on any atom is -0.497 e. The van der Waals surface area contributed by atoms with Gasteiger partial charge < -0.3 is 10.5 Å². The zero-order valence-corrected chi connectivity index (χ0v) is 14.9. The van der Waals surface area contributed by atoms with E-state index in [1.807, 2.05) is 16.9 Å². The minimum absolute atomic E-state index is 0.793. The van der Waals surface area contributed by atoms with E-state index in [0.717, 1.165) is 56.5 Å². The Labute approximate surface area is 145 Å². The summed E-state index contributed by atoms with van der Waals surface area (Å²) in [4.78, 5) is 4.24. The Morgan fingerprint density at radius 3 is 2.71 bits per heavy atom. The molecule has 6 heteroatoms. The van der Waals surface area contributed by atoms with Crippen molar-refractivity contribution in [2.75, 3.05) is 30.9 Å². The lowest BCUT2D eigenvalue weighted by atomic mass is 10.1. The standard InChI is InChI=1S/C18H20N4OS/c1-4-21(5-2)22-14-9-8-13(19)18-16(14)17(20-22)12-7-6-11(23-3)10-15(12)24-18/h6-10H,4-5,19H2,1-3H3. The van der Waals surface area contributed by atoms with Crippen LogP contribution in [0.2, 0.25) is 0 Å². The molecule has 0 unspecified atom stereocenters. The Bertz CT molecular complexity index is 930. The van der Waals surface area contributed by atoms with Gasteiger partial charge in [-0.3, -0.25) is 5.01 Å². The molecule has 3 aromatic rings. The van der Waals surface area contributed by atoms with Gasteiger partial charge in [0.1, 0.15) is 11.4 Å². The summed E-state index contributed by atoms with van der Waals surface area (Å²) in [7, 11) is 1.69. The van der Waals surface area contributed by atoms with E-state index < -0.39 is 0 Å². The Morgan fingerprint density at radius 2 is 2.00 bits per heavy atom. The summed E-state index contributed by atoms with van der Waals surface area (Å²) in [5, 5.41) is 8.29. The molecule has 1 aromatic heterocycles. The zero-order chi connectivity index (χ0) is 16.8. The van der Waals surface area contributed by atoms with E-state index in [1.165, 1.54) is 0 Å². The lowest BCUT2D eigenvalue weighted by Crippen LogP contribution is -2.34. The van der Waals surface area contributed by atoms with E-state index in [4.69, 9.17) is 15.6 Å². The third-order valence-electron chi connectivity index (χ3n) is 4.47. The fourth-order valence-electron chi connectivity index (χ4n) is 3.21. The van der Waals surface area contributed by atoms with Crippen LogP contribution in [0.3, 0.4) is 0 Å². The van der Waals surface area contributed by atoms with Gasteiger partial charge >= 0.3 is 0 Å². The molecule has 0 fully saturated rings. The Hall–Kier alpha value is -2.34. The monoisotopic (exact) mass is 340 g/mol. The maximum Gasteiger partial charge on any atom is 0.120 e. The molecule has 0 saturated carbocycles. The lowest BCUT2D eigenvalue weighted by Gasteiger charge is -2.21. The van der Waals surface area contributed by atoms with E-state index in [1.54, 1.807) is 18.9 Å². The van der Waals surface area contributed by atoms with Crippen molar-refractivity contribution in [2.24, 2.45) is 0 Å². The molecule has 1 aliphatic heterocycles.